The number of carbonyl (C=O) groups is 1. The molecule has 0 aromatic heterocycles. The summed E-state index contributed by atoms with van der Waals surface area (Å²) in [7, 11) is 0. The summed E-state index contributed by atoms with van der Waals surface area (Å²) in [6.45, 7) is 5.16. The second kappa shape index (κ2) is 26.5. The number of esters is 1. The van der Waals surface area contributed by atoms with E-state index in [4.69, 9.17) is 4.74 Å². The Kier molecular flexibility index (Phi) is 29.1. The first-order valence-electron chi connectivity index (χ1n) is 12.0. The molecule has 0 radical (unpaired) electrons. The van der Waals surface area contributed by atoms with Crippen LogP contribution in [0, 0.1) is 0 Å². The maximum atomic E-state index is 11.7. The van der Waals surface area contributed by atoms with E-state index >= 15 is 0 Å². The number of unbranched alkanes of at least 4 members (excludes halogenated alkanes) is 17. The maximum absolute atomic E-state index is 11.7. The number of hydrogen-bond acceptors (Lipinski definition) is 2. The van der Waals surface area contributed by atoms with Crippen LogP contribution in [-0.4, -0.2) is 42.1 Å². The number of rotatable bonds is 21. The van der Waals surface area contributed by atoms with Crippen LogP contribution in [0.15, 0.2) is 0 Å². The first-order valence-corrected chi connectivity index (χ1v) is 12.0. The van der Waals surface area contributed by atoms with Crippen molar-refractivity contribution in [2.75, 3.05) is 6.61 Å². The third kappa shape index (κ3) is 26.5. The summed E-state index contributed by atoms with van der Waals surface area (Å²) in [4.78, 5) is 11.7. The molecule has 0 saturated carbocycles. The molecule has 0 spiro atoms. The Morgan fingerprint density at radius 3 is 1.26 bits per heavy atom. The molecule has 0 aliphatic rings. The molecular weight excluding hydrogens is 343 g/mol. The van der Waals surface area contributed by atoms with E-state index in [1.54, 1.807) is 0 Å². The molecule has 0 amide bonds. The van der Waals surface area contributed by atoms with Crippen LogP contribution in [0.1, 0.15) is 142 Å². The molecule has 0 aliphatic carbocycles. The van der Waals surface area contributed by atoms with Crippen LogP contribution in [-0.2, 0) is 9.53 Å². The summed E-state index contributed by atoms with van der Waals surface area (Å²) in [6.07, 6.45) is 25.5. The van der Waals surface area contributed by atoms with Gasteiger partial charge in [-0.3, -0.25) is 4.79 Å². The Bertz CT molecular complexity index is 282. The van der Waals surface area contributed by atoms with E-state index in [1.165, 1.54) is 109 Å². The van der Waals surface area contributed by atoms with Gasteiger partial charge in [-0.05, 0) is 12.8 Å². The molecule has 3 heteroatoms. The fourth-order valence-corrected chi connectivity index (χ4v) is 3.43. The van der Waals surface area contributed by atoms with Crippen molar-refractivity contribution in [1.29, 1.82) is 0 Å². The normalized spacial score (nSPS) is 10.6. The van der Waals surface area contributed by atoms with Gasteiger partial charge in [0, 0.05) is 6.42 Å². The van der Waals surface area contributed by atoms with Gasteiger partial charge in [0.05, 0.1) is 6.61 Å². The molecule has 0 aliphatic heterocycles. The van der Waals surface area contributed by atoms with Crippen molar-refractivity contribution in [3.8, 4) is 0 Å². The minimum atomic E-state index is 0. The van der Waals surface area contributed by atoms with Crippen molar-refractivity contribution >= 4 is 35.5 Å². The van der Waals surface area contributed by atoms with Crippen molar-refractivity contribution in [1.82, 2.24) is 0 Å². The van der Waals surface area contributed by atoms with Crippen LogP contribution in [0.5, 0.6) is 0 Å². The molecule has 0 fully saturated rings. The topological polar surface area (TPSA) is 26.3 Å². The number of carbonyl (C=O) groups excluding carboxylic acids is 1. The standard InChI is InChI=1S/C24H48O2.Na.H/c1-3-5-7-9-11-13-15-17-19-21-23-26-24(25)22-20-18-16-14-12-10-8-6-4-2;;/h3-23H2,1-2H3;;. The van der Waals surface area contributed by atoms with E-state index in [2.05, 4.69) is 13.8 Å². The Morgan fingerprint density at radius 1 is 0.519 bits per heavy atom. The van der Waals surface area contributed by atoms with Gasteiger partial charge < -0.3 is 4.74 Å². The van der Waals surface area contributed by atoms with E-state index in [0.29, 0.717) is 13.0 Å². The Morgan fingerprint density at radius 2 is 0.852 bits per heavy atom. The van der Waals surface area contributed by atoms with Gasteiger partial charge in [0.1, 0.15) is 0 Å². The average molecular weight is 393 g/mol. The van der Waals surface area contributed by atoms with Crippen LogP contribution < -0.4 is 0 Å². The zero-order valence-corrected chi connectivity index (χ0v) is 18.2. The molecule has 27 heavy (non-hydrogen) atoms. The predicted molar refractivity (Wildman–Crippen MR) is 122 cm³/mol. The van der Waals surface area contributed by atoms with Gasteiger partial charge in [-0.1, -0.05) is 123 Å². The molecular formula is C24H49NaO2. The third-order valence-corrected chi connectivity index (χ3v) is 5.25. The monoisotopic (exact) mass is 392 g/mol. The Hall–Kier alpha value is 0.470. The molecule has 0 atom stereocenters. The van der Waals surface area contributed by atoms with Crippen LogP contribution in [0.4, 0.5) is 0 Å². The first-order chi connectivity index (χ1) is 12.8. The van der Waals surface area contributed by atoms with Gasteiger partial charge in [0.15, 0.2) is 0 Å². The first kappa shape index (κ1) is 29.7. The van der Waals surface area contributed by atoms with Crippen molar-refractivity contribution < 1.29 is 9.53 Å². The average Bonchev–Trinajstić information content (AvgIpc) is 2.64. The third-order valence-electron chi connectivity index (χ3n) is 5.25. The summed E-state index contributed by atoms with van der Waals surface area (Å²) in [5.74, 6) is 0.0175. The van der Waals surface area contributed by atoms with Crippen LogP contribution in [0.2, 0.25) is 0 Å². The SMILES string of the molecule is CCCCCCCCCCCCOC(=O)CCCCCCCCCCC.[NaH]. The van der Waals surface area contributed by atoms with Gasteiger partial charge in [-0.25, -0.2) is 0 Å². The van der Waals surface area contributed by atoms with Gasteiger partial charge in [-0.15, -0.1) is 0 Å². The Labute approximate surface area is 193 Å². The summed E-state index contributed by atoms with van der Waals surface area (Å²) in [5, 5.41) is 0. The van der Waals surface area contributed by atoms with Gasteiger partial charge in [-0.2, -0.15) is 0 Å². The molecule has 2 nitrogen and oxygen atoms in total. The van der Waals surface area contributed by atoms with E-state index in [1.807, 2.05) is 0 Å². The second-order valence-corrected chi connectivity index (χ2v) is 7.98. The van der Waals surface area contributed by atoms with Crippen molar-refractivity contribution in [3.05, 3.63) is 0 Å². The summed E-state index contributed by atoms with van der Waals surface area (Å²) >= 11 is 0. The van der Waals surface area contributed by atoms with E-state index < -0.39 is 0 Å². The summed E-state index contributed by atoms with van der Waals surface area (Å²) in [6, 6.07) is 0. The zero-order chi connectivity index (χ0) is 19.1. The fraction of sp³-hybridized carbons (Fsp3) is 0.958. The van der Waals surface area contributed by atoms with Crippen molar-refractivity contribution in [2.45, 2.75) is 142 Å². The van der Waals surface area contributed by atoms with Crippen molar-refractivity contribution in [3.63, 3.8) is 0 Å². The molecule has 0 N–H and O–H groups in total. The summed E-state index contributed by atoms with van der Waals surface area (Å²) in [5.41, 5.74) is 0. The Balaban J connectivity index is 0. The molecule has 0 aromatic rings. The van der Waals surface area contributed by atoms with E-state index in [-0.39, 0.29) is 35.5 Å². The van der Waals surface area contributed by atoms with Gasteiger partial charge >= 0.3 is 35.5 Å². The van der Waals surface area contributed by atoms with E-state index in [9.17, 15) is 4.79 Å². The fourth-order valence-electron chi connectivity index (χ4n) is 3.43. The quantitative estimate of drug-likeness (QED) is 0.113. The molecule has 0 aromatic carbocycles. The second-order valence-electron chi connectivity index (χ2n) is 7.98. The van der Waals surface area contributed by atoms with Crippen LogP contribution >= 0.6 is 0 Å². The molecule has 0 bridgehead atoms. The molecule has 0 rings (SSSR count). The molecule has 0 heterocycles. The number of hydrogen-bond donors (Lipinski definition) is 0. The minimum absolute atomic E-state index is 0. The van der Waals surface area contributed by atoms with Crippen molar-refractivity contribution in [2.24, 2.45) is 0 Å². The summed E-state index contributed by atoms with van der Waals surface area (Å²) < 4.78 is 5.35. The molecule has 0 saturated heterocycles. The zero-order valence-electron chi connectivity index (χ0n) is 18.2. The molecule has 0 unspecified atom stereocenters. The number of ether oxygens (including phenoxy) is 1. The van der Waals surface area contributed by atoms with Gasteiger partial charge in [0.25, 0.3) is 0 Å². The predicted octanol–water partition coefficient (Wildman–Crippen LogP) is 7.72. The van der Waals surface area contributed by atoms with Gasteiger partial charge in [0.2, 0.25) is 0 Å². The van der Waals surface area contributed by atoms with Crippen LogP contribution in [0.25, 0.3) is 0 Å². The van der Waals surface area contributed by atoms with Crippen LogP contribution in [0.3, 0.4) is 0 Å². The van der Waals surface area contributed by atoms with E-state index in [0.717, 1.165) is 12.8 Å². The molecule has 158 valence electrons.